The molecule has 7 heteroatoms. The first-order valence-electron chi connectivity index (χ1n) is 8.34. The number of aryl methyl sites for hydroxylation is 1. The number of anilines is 1. The first-order valence-corrected chi connectivity index (χ1v) is 9.16. The molecule has 130 valence electrons. The van der Waals surface area contributed by atoms with Crippen molar-refractivity contribution >= 4 is 33.3 Å². The Labute approximate surface area is 145 Å². The minimum atomic E-state index is -0.291. The zero-order valence-corrected chi connectivity index (χ0v) is 15.1. The van der Waals surface area contributed by atoms with Crippen LogP contribution in [0.5, 0.6) is 0 Å². The summed E-state index contributed by atoms with van der Waals surface area (Å²) in [5.74, 6) is 0.507. The first-order chi connectivity index (χ1) is 11.6. The van der Waals surface area contributed by atoms with Gasteiger partial charge in [-0.2, -0.15) is 0 Å². The third kappa shape index (κ3) is 3.37. The molecule has 0 amide bonds. The summed E-state index contributed by atoms with van der Waals surface area (Å²) >= 11 is 1.36. The lowest BCUT2D eigenvalue weighted by molar-refractivity contribution is 0.0531. The molecule has 2 unspecified atom stereocenters. The van der Waals surface area contributed by atoms with E-state index in [4.69, 9.17) is 9.47 Å². The average molecular weight is 349 g/mol. The molecule has 2 heterocycles. The Balaban J connectivity index is 1.89. The van der Waals surface area contributed by atoms with Gasteiger partial charge in [0.2, 0.25) is 0 Å². The second-order valence-corrected chi connectivity index (χ2v) is 7.04. The summed E-state index contributed by atoms with van der Waals surface area (Å²) in [5.41, 5.74) is 0.885. The summed E-state index contributed by atoms with van der Waals surface area (Å²) in [4.78, 5) is 22.3. The molecule has 1 N–H and O–H groups in total. The highest BCUT2D eigenvalue weighted by Gasteiger charge is 2.24. The van der Waals surface area contributed by atoms with Crippen LogP contribution in [0, 0.1) is 6.92 Å². The number of methoxy groups -OCH3 is 1. The van der Waals surface area contributed by atoms with Crippen molar-refractivity contribution in [3.8, 4) is 0 Å². The molecule has 0 spiro atoms. The number of nitrogens with zero attached hydrogens (tertiary/aromatic N) is 2. The zero-order chi connectivity index (χ0) is 17.1. The van der Waals surface area contributed by atoms with E-state index in [-0.39, 0.29) is 5.97 Å². The molecule has 1 aliphatic carbocycles. The van der Waals surface area contributed by atoms with Crippen LogP contribution in [0.3, 0.4) is 0 Å². The van der Waals surface area contributed by atoms with Crippen molar-refractivity contribution in [1.29, 1.82) is 0 Å². The molecule has 1 fully saturated rings. The molecular weight excluding hydrogens is 326 g/mol. The van der Waals surface area contributed by atoms with Crippen molar-refractivity contribution in [2.75, 3.05) is 19.0 Å². The van der Waals surface area contributed by atoms with Crippen LogP contribution in [-0.4, -0.2) is 41.8 Å². The first kappa shape index (κ1) is 17.1. The summed E-state index contributed by atoms with van der Waals surface area (Å²) in [7, 11) is 1.77. The third-order valence-corrected chi connectivity index (χ3v) is 5.67. The number of nitrogens with one attached hydrogen (secondary N) is 1. The minimum Gasteiger partial charge on any atom is -0.462 e. The van der Waals surface area contributed by atoms with Crippen LogP contribution in [0.1, 0.15) is 47.8 Å². The number of aromatic nitrogens is 2. The fourth-order valence-electron chi connectivity index (χ4n) is 3.26. The quantitative estimate of drug-likeness (QED) is 0.832. The highest BCUT2D eigenvalue weighted by atomic mass is 32.1. The number of esters is 1. The molecule has 3 rings (SSSR count). The molecule has 2 aromatic rings. The predicted octanol–water partition coefficient (Wildman–Crippen LogP) is 3.55. The maximum atomic E-state index is 12.1. The summed E-state index contributed by atoms with van der Waals surface area (Å²) in [5, 5.41) is 4.46. The Bertz CT molecular complexity index is 731. The number of thiophene rings is 1. The summed E-state index contributed by atoms with van der Waals surface area (Å²) in [6.45, 7) is 4.10. The van der Waals surface area contributed by atoms with Gasteiger partial charge in [-0.1, -0.05) is 0 Å². The van der Waals surface area contributed by atoms with Gasteiger partial charge in [0.15, 0.2) is 0 Å². The number of carbonyl (C=O) groups is 1. The van der Waals surface area contributed by atoms with Crippen molar-refractivity contribution < 1.29 is 14.3 Å². The highest BCUT2D eigenvalue weighted by Crippen LogP contribution is 2.35. The maximum absolute atomic E-state index is 12.1. The second-order valence-electron chi connectivity index (χ2n) is 6.04. The Kier molecular flexibility index (Phi) is 5.30. The molecule has 24 heavy (non-hydrogen) atoms. The normalized spacial score (nSPS) is 21.0. The summed E-state index contributed by atoms with van der Waals surface area (Å²) in [6, 6.07) is 0.326. The fraction of sp³-hybridized carbons (Fsp3) is 0.588. The van der Waals surface area contributed by atoms with E-state index in [1.165, 1.54) is 11.3 Å². The Morgan fingerprint density at radius 3 is 3.00 bits per heavy atom. The Morgan fingerprint density at radius 2 is 2.25 bits per heavy atom. The molecule has 1 aliphatic rings. The van der Waals surface area contributed by atoms with E-state index in [1.807, 2.05) is 13.8 Å². The molecule has 0 saturated heterocycles. The second kappa shape index (κ2) is 7.44. The van der Waals surface area contributed by atoms with Crippen molar-refractivity contribution in [1.82, 2.24) is 9.97 Å². The van der Waals surface area contributed by atoms with Crippen molar-refractivity contribution in [3.63, 3.8) is 0 Å². The van der Waals surface area contributed by atoms with Crippen molar-refractivity contribution in [2.24, 2.45) is 0 Å². The van der Waals surface area contributed by atoms with Crippen LogP contribution < -0.4 is 5.32 Å². The van der Waals surface area contributed by atoms with E-state index < -0.39 is 0 Å². The highest BCUT2D eigenvalue weighted by molar-refractivity contribution is 7.20. The van der Waals surface area contributed by atoms with E-state index >= 15 is 0 Å². The van der Waals surface area contributed by atoms with Gasteiger partial charge in [0.25, 0.3) is 0 Å². The van der Waals surface area contributed by atoms with Crippen LogP contribution in [0.4, 0.5) is 5.82 Å². The monoisotopic (exact) mass is 349 g/mol. The number of hydrogen-bond acceptors (Lipinski definition) is 7. The lowest BCUT2D eigenvalue weighted by Crippen LogP contribution is -2.31. The molecular formula is C17H23N3O3S. The number of carbonyl (C=O) groups excluding carboxylic acids is 1. The number of hydrogen-bond donors (Lipinski definition) is 1. The average Bonchev–Trinajstić information content (AvgIpc) is 2.93. The smallest absolute Gasteiger partial charge is 0.348 e. The molecule has 1 saturated carbocycles. The van der Waals surface area contributed by atoms with E-state index in [1.54, 1.807) is 13.4 Å². The van der Waals surface area contributed by atoms with Crippen LogP contribution in [0.15, 0.2) is 6.33 Å². The lowest BCUT2D eigenvalue weighted by Gasteiger charge is -2.29. The fourth-order valence-corrected chi connectivity index (χ4v) is 4.30. The van der Waals surface area contributed by atoms with E-state index in [2.05, 4.69) is 15.3 Å². The zero-order valence-electron chi connectivity index (χ0n) is 14.3. The van der Waals surface area contributed by atoms with Gasteiger partial charge < -0.3 is 14.8 Å². The molecule has 0 bridgehead atoms. The molecule has 0 radical (unpaired) electrons. The van der Waals surface area contributed by atoms with E-state index in [9.17, 15) is 4.79 Å². The molecule has 2 atom stereocenters. The maximum Gasteiger partial charge on any atom is 0.348 e. The van der Waals surface area contributed by atoms with Crippen molar-refractivity contribution in [2.45, 2.75) is 51.7 Å². The van der Waals surface area contributed by atoms with Crippen LogP contribution in [-0.2, 0) is 9.47 Å². The van der Waals surface area contributed by atoms with Gasteiger partial charge in [-0.15, -0.1) is 11.3 Å². The molecule has 0 aromatic carbocycles. The van der Waals surface area contributed by atoms with Gasteiger partial charge in [0.1, 0.15) is 21.9 Å². The van der Waals surface area contributed by atoms with Crippen molar-refractivity contribution in [3.05, 3.63) is 16.8 Å². The topological polar surface area (TPSA) is 73.3 Å². The van der Waals surface area contributed by atoms with Gasteiger partial charge in [0, 0.05) is 13.2 Å². The van der Waals surface area contributed by atoms with Crippen LogP contribution in [0.2, 0.25) is 0 Å². The summed E-state index contributed by atoms with van der Waals surface area (Å²) < 4.78 is 10.6. The Morgan fingerprint density at radius 1 is 1.42 bits per heavy atom. The van der Waals surface area contributed by atoms with Gasteiger partial charge in [-0.25, -0.2) is 14.8 Å². The summed E-state index contributed by atoms with van der Waals surface area (Å²) in [6.07, 6.45) is 6.16. The molecule has 0 aliphatic heterocycles. The standard InChI is InChI=1S/C17H23N3O3S/c1-4-23-17(21)14-10(2)13-15(18-9-19-16(13)24-14)20-11-6-5-7-12(8-11)22-3/h9,11-12H,4-8H2,1-3H3,(H,18,19,20). The molecule has 2 aromatic heterocycles. The largest absolute Gasteiger partial charge is 0.462 e. The number of rotatable bonds is 5. The number of ether oxygens (including phenoxy) is 2. The van der Waals surface area contributed by atoms with E-state index in [0.717, 1.165) is 47.3 Å². The van der Waals surface area contributed by atoms with Crippen LogP contribution in [0.25, 0.3) is 10.2 Å². The van der Waals surface area contributed by atoms with Gasteiger partial charge in [-0.3, -0.25) is 0 Å². The number of fused-ring (bicyclic) bond motifs is 1. The van der Waals surface area contributed by atoms with Crippen LogP contribution >= 0.6 is 11.3 Å². The molecule has 6 nitrogen and oxygen atoms in total. The minimum absolute atomic E-state index is 0.291. The third-order valence-electron chi connectivity index (χ3n) is 4.49. The lowest BCUT2D eigenvalue weighted by atomic mass is 9.93. The SMILES string of the molecule is CCOC(=O)c1sc2ncnc(NC3CCCC(OC)C3)c2c1C. The van der Waals surface area contributed by atoms with E-state index in [0.29, 0.717) is 23.6 Å². The van der Waals surface area contributed by atoms with Gasteiger partial charge >= 0.3 is 5.97 Å². The predicted molar refractivity (Wildman–Crippen MR) is 94.8 cm³/mol. The van der Waals surface area contributed by atoms with Gasteiger partial charge in [-0.05, 0) is 45.1 Å². The Hall–Kier alpha value is -1.73. The van der Waals surface area contributed by atoms with Gasteiger partial charge in [0.05, 0.1) is 18.1 Å².